The molecule has 1 amide bonds. The van der Waals surface area contributed by atoms with E-state index >= 15 is 0 Å². The van der Waals surface area contributed by atoms with Crippen molar-refractivity contribution in [3.05, 3.63) is 90.5 Å². The number of hydrogen-bond acceptors (Lipinski definition) is 5. The Labute approximate surface area is 177 Å². The molecule has 4 rings (SSSR count). The molecule has 1 N–H and O–H groups in total. The van der Waals surface area contributed by atoms with E-state index in [2.05, 4.69) is 20.5 Å². The van der Waals surface area contributed by atoms with Crippen molar-refractivity contribution in [3.63, 3.8) is 0 Å². The summed E-state index contributed by atoms with van der Waals surface area (Å²) >= 11 is 1.27. The average molecular weight is 419 g/mol. The van der Waals surface area contributed by atoms with Gasteiger partial charge in [0, 0.05) is 17.4 Å². The Hall–Kier alpha value is -3.52. The summed E-state index contributed by atoms with van der Waals surface area (Å²) in [5.74, 6) is 0.330. The predicted octanol–water partition coefficient (Wildman–Crippen LogP) is 3.88. The van der Waals surface area contributed by atoms with Gasteiger partial charge in [-0.25, -0.2) is 4.39 Å². The average Bonchev–Trinajstić information content (AvgIpc) is 3.22. The summed E-state index contributed by atoms with van der Waals surface area (Å²) in [7, 11) is 0. The highest BCUT2D eigenvalue weighted by Gasteiger charge is 2.17. The molecule has 2 aromatic carbocycles. The fourth-order valence-corrected chi connectivity index (χ4v) is 3.62. The van der Waals surface area contributed by atoms with Gasteiger partial charge in [0.1, 0.15) is 5.82 Å². The highest BCUT2D eigenvalue weighted by atomic mass is 32.2. The van der Waals surface area contributed by atoms with Crippen molar-refractivity contribution in [2.45, 2.75) is 11.7 Å². The number of halogens is 1. The fraction of sp³-hybridized carbons (Fsp3) is 0.0909. The lowest BCUT2D eigenvalue weighted by atomic mass is 10.2. The molecule has 0 saturated carbocycles. The third-order valence-corrected chi connectivity index (χ3v) is 5.20. The van der Waals surface area contributed by atoms with E-state index in [0.717, 1.165) is 16.9 Å². The maximum Gasteiger partial charge on any atom is 0.230 e. The third kappa shape index (κ3) is 4.72. The van der Waals surface area contributed by atoms with Gasteiger partial charge in [-0.05, 0) is 36.4 Å². The van der Waals surface area contributed by atoms with Crippen molar-refractivity contribution in [2.24, 2.45) is 0 Å². The predicted molar refractivity (Wildman–Crippen MR) is 114 cm³/mol. The molecule has 0 radical (unpaired) electrons. The van der Waals surface area contributed by atoms with E-state index in [1.807, 2.05) is 53.1 Å². The van der Waals surface area contributed by atoms with Crippen molar-refractivity contribution >= 4 is 17.7 Å². The van der Waals surface area contributed by atoms with Crippen molar-refractivity contribution in [2.75, 3.05) is 5.75 Å². The number of nitrogens with one attached hydrogen (secondary N) is 1. The van der Waals surface area contributed by atoms with Crippen LogP contribution in [0.15, 0.2) is 84.1 Å². The van der Waals surface area contributed by atoms with Gasteiger partial charge >= 0.3 is 0 Å². The molecule has 150 valence electrons. The molecular weight excluding hydrogens is 401 g/mol. The van der Waals surface area contributed by atoms with Crippen LogP contribution in [-0.2, 0) is 11.3 Å². The molecule has 0 spiro atoms. The molecule has 0 atom stereocenters. The monoisotopic (exact) mass is 419 g/mol. The number of pyridine rings is 1. The Morgan fingerprint density at radius 1 is 0.967 bits per heavy atom. The Balaban J connectivity index is 1.53. The number of carbonyl (C=O) groups is 1. The van der Waals surface area contributed by atoms with E-state index < -0.39 is 0 Å². The van der Waals surface area contributed by atoms with Gasteiger partial charge in [-0.1, -0.05) is 48.2 Å². The summed E-state index contributed by atoms with van der Waals surface area (Å²) in [5, 5.41) is 12.0. The van der Waals surface area contributed by atoms with Crippen LogP contribution in [-0.4, -0.2) is 31.4 Å². The van der Waals surface area contributed by atoms with Crippen LogP contribution in [0.1, 0.15) is 5.69 Å². The Kier molecular flexibility index (Phi) is 6.14. The molecule has 2 heterocycles. The van der Waals surface area contributed by atoms with E-state index in [9.17, 15) is 9.18 Å². The largest absolute Gasteiger partial charge is 0.350 e. The molecule has 30 heavy (non-hydrogen) atoms. The first-order valence-electron chi connectivity index (χ1n) is 9.27. The molecule has 0 aliphatic heterocycles. The van der Waals surface area contributed by atoms with Gasteiger partial charge in [-0.2, -0.15) is 0 Å². The number of amides is 1. The maximum atomic E-state index is 13.4. The molecule has 0 unspecified atom stereocenters. The zero-order valence-corrected chi connectivity index (χ0v) is 16.7. The zero-order chi connectivity index (χ0) is 20.8. The van der Waals surface area contributed by atoms with Crippen LogP contribution in [0, 0.1) is 5.82 Å². The fourth-order valence-electron chi connectivity index (χ4n) is 2.83. The number of hydrogen-bond donors (Lipinski definition) is 1. The molecule has 2 aromatic heterocycles. The minimum absolute atomic E-state index is 0.138. The lowest BCUT2D eigenvalue weighted by Crippen LogP contribution is -2.25. The van der Waals surface area contributed by atoms with E-state index in [0.29, 0.717) is 17.5 Å². The molecule has 6 nitrogen and oxygen atoms in total. The lowest BCUT2D eigenvalue weighted by Gasteiger charge is -2.10. The molecule has 0 aliphatic carbocycles. The van der Waals surface area contributed by atoms with Crippen molar-refractivity contribution in [1.82, 2.24) is 25.1 Å². The van der Waals surface area contributed by atoms with Crippen molar-refractivity contribution in [3.8, 4) is 17.1 Å². The van der Waals surface area contributed by atoms with E-state index in [1.54, 1.807) is 18.3 Å². The number of aromatic nitrogens is 4. The lowest BCUT2D eigenvalue weighted by molar-refractivity contribution is -0.118. The summed E-state index contributed by atoms with van der Waals surface area (Å²) in [5.41, 5.74) is 2.38. The van der Waals surface area contributed by atoms with E-state index in [-0.39, 0.29) is 17.5 Å². The van der Waals surface area contributed by atoms with Gasteiger partial charge in [0.05, 0.1) is 18.0 Å². The molecule has 0 aliphatic rings. The third-order valence-electron chi connectivity index (χ3n) is 4.28. The van der Waals surface area contributed by atoms with Gasteiger partial charge in [0.2, 0.25) is 5.91 Å². The first-order valence-corrected chi connectivity index (χ1v) is 10.3. The van der Waals surface area contributed by atoms with E-state index in [4.69, 9.17) is 0 Å². The van der Waals surface area contributed by atoms with Crippen LogP contribution in [0.4, 0.5) is 4.39 Å². The topological polar surface area (TPSA) is 72.7 Å². The van der Waals surface area contributed by atoms with Crippen molar-refractivity contribution in [1.29, 1.82) is 0 Å². The van der Waals surface area contributed by atoms with Crippen molar-refractivity contribution < 1.29 is 9.18 Å². The summed E-state index contributed by atoms with van der Waals surface area (Å²) in [4.78, 5) is 16.5. The van der Waals surface area contributed by atoms with Gasteiger partial charge in [-0.3, -0.25) is 14.3 Å². The van der Waals surface area contributed by atoms with Crippen LogP contribution < -0.4 is 5.32 Å². The SMILES string of the molecule is O=C(CSc1nnc(-c2ccccc2)n1-c1ccc(F)cc1)NCc1ccccn1. The Morgan fingerprint density at radius 2 is 1.73 bits per heavy atom. The second-order valence-electron chi connectivity index (χ2n) is 6.37. The number of nitrogens with zero attached hydrogens (tertiary/aromatic N) is 4. The number of thioether (sulfide) groups is 1. The Bertz CT molecular complexity index is 1120. The summed E-state index contributed by atoms with van der Waals surface area (Å²) in [6.07, 6.45) is 1.69. The first-order chi connectivity index (χ1) is 14.7. The van der Waals surface area contributed by atoms with Gasteiger partial charge in [0.15, 0.2) is 11.0 Å². The highest BCUT2D eigenvalue weighted by molar-refractivity contribution is 7.99. The summed E-state index contributed by atoms with van der Waals surface area (Å²) in [6.45, 7) is 0.361. The van der Waals surface area contributed by atoms with Crippen LogP contribution in [0.25, 0.3) is 17.1 Å². The zero-order valence-electron chi connectivity index (χ0n) is 15.9. The van der Waals surface area contributed by atoms with Crippen LogP contribution in [0.2, 0.25) is 0 Å². The minimum Gasteiger partial charge on any atom is -0.350 e. The summed E-state index contributed by atoms with van der Waals surface area (Å²) < 4.78 is 15.3. The van der Waals surface area contributed by atoms with Gasteiger partial charge < -0.3 is 5.32 Å². The summed E-state index contributed by atoms with van der Waals surface area (Å²) in [6, 6.07) is 21.3. The van der Waals surface area contributed by atoms with Crippen LogP contribution in [0.5, 0.6) is 0 Å². The van der Waals surface area contributed by atoms with E-state index in [1.165, 1.54) is 23.9 Å². The van der Waals surface area contributed by atoms with Crippen LogP contribution in [0.3, 0.4) is 0 Å². The minimum atomic E-state index is -0.323. The maximum absolute atomic E-state index is 13.4. The number of carbonyl (C=O) groups excluding carboxylic acids is 1. The molecular formula is C22H18FN5OS. The normalized spacial score (nSPS) is 10.7. The second kappa shape index (κ2) is 9.32. The van der Waals surface area contributed by atoms with Gasteiger partial charge in [-0.15, -0.1) is 10.2 Å². The standard InChI is InChI=1S/C22H18FN5OS/c23-17-9-11-19(12-10-17)28-21(16-6-2-1-3-7-16)26-27-22(28)30-15-20(29)25-14-18-8-4-5-13-24-18/h1-13H,14-15H2,(H,25,29). The molecule has 0 bridgehead atoms. The van der Waals surface area contributed by atoms with Gasteiger partial charge in [0.25, 0.3) is 0 Å². The number of benzene rings is 2. The molecule has 8 heteroatoms. The Morgan fingerprint density at radius 3 is 2.47 bits per heavy atom. The first kappa shape index (κ1) is 19.8. The smallest absolute Gasteiger partial charge is 0.230 e. The quantitative estimate of drug-likeness (QED) is 0.460. The number of rotatable bonds is 7. The second-order valence-corrected chi connectivity index (χ2v) is 7.31. The highest BCUT2D eigenvalue weighted by Crippen LogP contribution is 2.27. The molecule has 4 aromatic rings. The molecule has 0 saturated heterocycles. The van der Waals surface area contributed by atoms with Crippen LogP contribution >= 0.6 is 11.8 Å². The molecule has 0 fully saturated rings.